The summed E-state index contributed by atoms with van der Waals surface area (Å²) in [7, 11) is 0. The summed E-state index contributed by atoms with van der Waals surface area (Å²) in [5, 5.41) is 7.88. The van der Waals surface area contributed by atoms with E-state index in [1.807, 2.05) is 24.3 Å². The van der Waals surface area contributed by atoms with Crippen LogP contribution in [-0.4, -0.2) is 24.2 Å². The second kappa shape index (κ2) is 7.70. The molecule has 5 nitrogen and oxygen atoms in total. The molecule has 1 amide bonds. The number of carbonyl (C=O) groups excluding carboxylic acids is 1. The summed E-state index contributed by atoms with van der Waals surface area (Å²) in [4.78, 5) is 13.9. The quantitative estimate of drug-likeness (QED) is 0.713. The standard InChI is InChI=1S/C21H23N3O2/c25-21(13-19-18-5-1-2-6-20(18)26-23-19)22-14-16-7-9-17(10-8-16)15-24-11-3-4-12-24/h1-2,5-10H,3-4,11-15H2,(H,22,25)/p+1. The van der Waals surface area contributed by atoms with E-state index in [0.717, 1.165) is 17.5 Å². The Hall–Kier alpha value is -2.66. The van der Waals surface area contributed by atoms with E-state index in [9.17, 15) is 4.79 Å². The zero-order valence-electron chi connectivity index (χ0n) is 14.8. The average Bonchev–Trinajstić information content (AvgIpc) is 3.32. The van der Waals surface area contributed by atoms with E-state index < -0.39 is 0 Å². The minimum Gasteiger partial charge on any atom is -0.356 e. The molecule has 1 aliphatic heterocycles. The summed E-state index contributed by atoms with van der Waals surface area (Å²) in [6, 6.07) is 16.2. The van der Waals surface area contributed by atoms with Crippen LogP contribution >= 0.6 is 0 Å². The number of likely N-dealkylation sites (tertiary alicyclic amines) is 1. The maximum Gasteiger partial charge on any atom is 0.226 e. The van der Waals surface area contributed by atoms with Crippen molar-refractivity contribution in [1.82, 2.24) is 10.5 Å². The van der Waals surface area contributed by atoms with Crippen molar-refractivity contribution < 1.29 is 14.2 Å². The number of fused-ring (bicyclic) bond motifs is 1. The fourth-order valence-corrected chi connectivity index (χ4v) is 3.60. The van der Waals surface area contributed by atoms with Crippen LogP contribution in [-0.2, 0) is 24.3 Å². The lowest BCUT2D eigenvalue weighted by Gasteiger charge is -2.12. The summed E-state index contributed by atoms with van der Waals surface area (Å²) in [6.45, 7) is 4.21. The lowest BCUT2D eigenvalue weighted by molar-refractivity contribution is -0.901. The normalized spacial score (nSPS) is 14.8. The highest BCUT2D eigenvalue weighted by Crippen LogP contribution is 2.18. The Morgan fingerprint density at radius 3 is 2.58 bits per heavy atom. The number of para-hydroxylation sites is 1. The van der Waals surface area contributed by atoms with Gasteiger partial charge >= 0.3 is 0 Å². The van der Waals surface area contributed by atoms with Crippen molar-refractivity contribution >= 4 is 16.9 Å². The number of hydrogen-bond acceptors (Lipinski definition) is 3. The number of rotatable bonds is 6. The van der Waals surface area contributed by atoms with E-state index in [1.165, 1.54) is 31.5 Å². The second-order valence-corrected chi connectivity index (χ2v) is 7.03. The molecular weight excluding hydrogens is 326 g/mol. The lowest BCUT2D eigenvalue weighted by atomic mass is 10.1. The SMILES string of the molecule is O=C(Cc1noc2ccccc12)NCc1ccc(C[NH+]2CCCC2)cc1. The molecule has 3 aromatic rings. The zero-order chi connectivity index (χ0) is 17.8. The molecule has 26 heavy (non-hydrogen) atoms. The van der Waals surface area contributed by atoms with E-state index in [4.69, 9.17) is 4.52 Å². The molecule has 134 valence electrons. The Labute approximate surface area is 153 Å². The molecule has 0 bridgehead atoms. The molecule has 4 rings (SSSR count). The van der Waals surface area contributed by atoms with Gasteiger partial charge in [-0.3, -0.25) is 4.79 Å². The van der Waals surface area contributed by atoms with E-state index >= 15 is 0 Å². The predicted octanol–water partition coefficient (Wildman–Crippen LogP) is 1.87. The third-order valence-corrected chi connectivity index (χ3v) is 5.06. The molecule has 1 fully saturated rings. The van der Waals surface area contributed by atoms with Gasteiger partial charge < -0.3 is 14.7 Å². The summed E-state index contributed by atoms with van der Waals surface area (Å²) in [5.74, 6) is -0.0466. The van der Waals surface area contributed by atoms with E-state index in [-0.39, 0.29) is 12.3 Å². The topological polar surface area (TPSA) is 59.6 Å². The Morgan fingerprint density at radius 2 is 1.77 bits per heavy atom. The number of nitrogens with one attached hydrogen (secondary N) is 2. The average molecular weight is 350 g/mol. The molecule has 5 heteroatoms. The Morgan fingerprint density at radius 1 is 1.04 bits per heavy atom. The first kappa shape index (κ1) is 16.8. The number of benzene rings is 2. The molecule has 0 aliphatic carbocycles. The van der Waals surface area contributed by atoms with Gasteiger partial charge in [-0.15, -0.1) is 0 Å². The minimum absolute atomic E-state index is 0.0466. The highest BCUT2D eigenvalue weighted by molar-refractivity contribution is 5.86. The van der Waals surface area contributed by atoms with Crippen molar-refractivity contribution in [3.8, 4) is 0 Å². The molecule has 1 aliphatic rings. The largest absolute Gasteiger partial charge is 0.356 e. The highest BCUT2D eigenvalue weighted by atomic mass is 16.5. The maximum absolute atomic E-state index is 12.2. The fourth-order valence-electron chi connectivity index (χ4n) is 3.60. The van der Waals surface area contributed by atoms with Gasteiger partial charge in [0, 0.05) is 30.3 Å². The fraction of sp³-hybridized carbons (Fsp3) is 0.333. The van der Waals surface area contributed by atoms with Crippen LogP contribution in [0.4, 0.5) is 0 Å². The Balaban J connectivity index is 1.30. The van der Waals surface area contributed by atoms with Crippen LogP contribution in [0.3, 0.4) is 0 Å². The molecule has 2 heterocycles. The summed E-state index contributed by atoms with van der Waals surface area (Å²) in [6.07, 6.45) is 2.92. The second-order valence-electron chi connectivity index (χ2n) is 7.03. The molecule has 2 aromatic carbocycles. The molecule has 0 saturated carbocycles. The van der Waals surface area contributed by atoms with Crippen LogP contribution < -0.4 is 10.2 Å². The molecule has 2 N–H and O–H groups in total. The molecule has 0 atom stereocenters. The van der Waals surface area contributed by atoms with Crippen molar-refractivity contribution in [2.45, 2.75) is 32.4 Å². The summed E-state index contributed by atoms with van der Waals surface area (Å²) >= 11 is 0. The van der Waals surface area contributed by atoms with Crippen molar-refractivity contribution in [2.24, 2.45) is 0 Å². The van der Waals surface area contributed by atoms with E-state index in [0.29, 0.717) is 17.8 Å². The van der Waals surface area contributed by atoms with Gasteiger partial charge in [-0.05, 0) is 17.7 Å². The molecule has 0 radical (unpaired) electrons. The van der Waals surface area contributed by atoms with Gasteiger partial charge in [-0.1, -0.05) is 41.6 Å². The number of aromatic nitrogens is 1. The first-order valence-electron chi connectivity index (χ1n) is 9.29. The number of amides is 1. The van der Waals surface area contributed by atoms with Gasteiger partial charge in [0.1, 0.15) is 12.2 Å². The van der Waals surface area contributed by atoms with Crippen LogP contribution in [0, 0.1) is 0 Å². The van der Waals surface area contributed by atoms with E-state index in [2.05, 4.69) is 34.7 Å². The zero-order valence-corrected chi connectivity index (χ0v) is 14.8. The van der Waals surface area contributed by atoms with Gasteiger partial charge in [0.15, 0.2) is 5.58 Å². The van der Waals surface area contributed by atoms with Crippen LogP contribution in [0.5, 0.6) is 0 Å². The molecular formula is C21H24N3O2+. The van der Waals surface area contributed by atoms with Gasteiger partial charge in [-0.2, -0.15) is 0 Å². The number of hydrogen-bond donors (Lipinski definition) is 2. The Bertz CT molecular complexity index is 880. The van der Waals surface area contributed by atoms with Crippen LogP contribution in [0.15, 0.2) is 53.1 Å². The van der Waals surface area contributed by atoms with Crippen LogP contribution in [0.25, 0.3) is 11.0 Å². The molecule has 1 aromatic heterocycles. The molecule has 0 spiro atoms. The van der Waals surface area contributed by atoms with Crippen molar-refractivity contribution in [2.75, 3.05) is 13.1 Å². The summed E-state index contributed by atoms with van der Waals surface area (Å²) < 4.78 is 5.25. The van der Waals surface area contributed by atoms with E-state index in [1.54, 1.807) is 4.90 Å². The monoisotopic (exact) mass is 350 g/mol. The smallest absolute Gasteiger partial charge is 0.226 e. The van der Waals surface area contributed by atoms with Crippen LogP contribution in [0.1, 0.15) is 29.7 Å². The predicted molar refractivity (Wildman–Crippen MR) is 99.6 cm³/mol. The lowest BCUT2D eigenvalue weighted by Crippen LogP contribution is -3.08. The number of nitrogens with zero attached hydrogens (tertiary/aromatic N) is 1. The third kappa shape index (κ3) is 3.94. The molecule has 0 unspecified atom stereocenters. The summed E-state index contributed by atoms with van der Waals surface area (Å²) in [5.41, 5.74) is 3.88. The Kier molecular flexibility index (Phi) is 4.97. The van der Waals surface area contributed by atoms with Crippen molar-refractivity contribution in [3.05, 3.63) is 65.4 Å². The number of carbonyl (C=O) groups is 1. The van der Waals surface area contributed by atoms with Gasteiger partial charge in [-0.25, -0.2) is 0 Å². The minimum atomic E-state index is -0.0466. The first-order valence-corrected chi connectivity index (χ1v) is 9.29. The van der Waals surface area contributed by atoms with Crippen LogP contribution in [0.2, 0.25) is 0 Å². The van der Waals surface area contributed by atoms with Crippen molar-refractivity contribution in [1.29, 1.82) is 0 Å². The van der Waals surface area contributed by atoms with Gasteiger partial charge in [0.25, 0.3) is 0 Å². The molecule has 1 saturated heterocycles. The third-order valence-electron chi connectivity index (χ3n) is 5.06. The first-order chi connectivity index (χ1) is 12.8. The van der Waals surface area contributed by atoms with Crippen molar-refractivity contribution in [3.63, 3.8) is 0 Å². The maximum atomic E-state index is 12.2. The number of quaternary nitrogens is 1. The van der Waals surface area contributed by atoms with Gasteiger partial charge in [0.2, 0.25) is 5.91 Å². The van der Waals surface area contributed by atoms with Gasteiger partial charge in [0.05, 0.1) is 19.5 Å². The highest BCUT2D eigenvalue weighted by Gasteiger charge is 2.15.